The third-order valence-electron chi connectivity index (χ3n) is 4.18. The quantitative estimate of drug-likeness (QED) is 0.942. The fraction of sp³-hybridized carbons (Fsp3) is 0.500. The molecule has 0 radical (unpaired) electrons. The van der Waals surface area contributed by atoms with Crippen molar-refractivity contribution in [3.05, 3.63) is 40.6 Å². The summed E-state index contributed by atoms with van der Waals surface area (Å²) in [6, 6.07) is 4.15. The minimum atomic E-state index is -0.0991. The van der Waals surface area contributed by atoms with Crippen LogP contribution in [-0.4, -0.2) is 28.1 Å². The molecule has 1 saturated heterocycles. The number of nitrogens with one attached hydrogen (secondary N) is 1. The predicted octanol–water partition coefficient (Wildman–Crippen LogP) is 2.62. The van der Waals surface area contributed by atoms with E-state index in [0.717, 1.165) is 23.4 Å². The number of aryl methyl sites for hydroxylation is 1. The summed E-state index contributed by atoms with van der Waals surface area (Å²) in [5, 5.41) is 5.18. The standard InChI is InChI=1S/C16H21N3O2S/c1-11(15-4-3-7-22-15)16(20)18-12-5-6-21-14(8-12)13-9-17-10-19(13)2/h3-4,7,9-12,14H,5-6,8H2,1-2H3,(H,18,20)/t11-,12-,14-/m0/s1. The van der Waals surface area contributed by atoms with Crippen molar-refractivity contribution in [2.24, 2.45) is 7.05 Å². The molecule has 0 aliphatic carbocycles. The van der Waals surface area contributed by atoms with Crippen LogP contribution in [0.15, 0.2) is 30.0 Å². The Morgan fingerprint density at radius 3 is 3.14 bits per heavy atom. The molecule has 22 heavy (non-hydrogen) atoms. The highest BCUT2D eigenvalue weighted by Crippen LogP contribution is 2.28. The molecule has 0 aromatic carbocycles. The molecule has 1 aliphatic heterocycles. The highest BCUT2D eigenvalue weighted by molar-refractivity contribution is 7.10. The van der Waals surface area contributed by atoms with Gasteiger partial charge in [-0.2, -0.15) is 0 Å². The van der Waals surface area contributed by atoms with E-state index >= 15 is 0 Å². The topological polar surface area (TPSA) is 56.1 Å². The number of hydrogen-bond acceptors (Lipinski definition) is 4. The lowest BCUT2D eigenvalue weighted by Crippen LogP contribution is -2.41. The number of hydrogen-bond donors (Lipinski definition) is 1. The molecule has 0 unspecified atom stereocenters. The molecule has 3 heterocycles. The van der Waals surface area contributed by atoms with Crippen molar-refractivity contribution in [3.63, 3.8) is 0 Å². The summed E-state index contributed by atoms with van der Waals surface area (Å²) in [6.45, 7) is 2.62. The minimum Gasteiger partial charge on any atom is -0.372 e. The Hall–Kier alpha value is -1.66. The van der Waals surface area contributed by atoms with Gasteiger partial charge in [0.05, 0.1) is 24.1 Å². The Kier molecular flexibility index (Phi) is 4.59. The molecule has 1 fully saturated rings. The summed E-state index contributed by atoms with van der Waals surface area (Å²) in [6.07, 6.45) is 5.27. The van der Waals surface area contributed by atoms with Crippen molar-refractivity contribution < 1.29 is 9.53 Å². The molecule has 2 aromatic heterocycles. The predicted molar refractivity (Wildman–Crippen MR) is 85.8 cm³/mol. The molecule has 1 N–H and O–H groups in total. The zero-order valence-corrected chi connectivity index (χ0v) is 13.7. The zero-order valence-electron chi connectivity index (χ0n) is 12.9. The lowest BCUT2D eigenvalue weighted by Gasteiger charge is -2.30. The van der Waals surface area contributed by atoms with E-state index < -0.39 is 0 Å². The van der Waals surface area contributed by atoms with Gasteiger partial charge in [0.25, 0.3) is 0 Å². The summed E-state index contributed by atoms with van der Waals surface area (Å²) < 4.78 is 7.81. The zero-order chi connectivity index (χ0) is 15.5. The van der Waals surface area contributed by atoms with Gasteiger partial charge in [-0.15, -0.1) is 11.3 Å². The fourth-order valence-corrected chi connectivity index (χ4v) is 3.59. The summed E-state index contributed by atoms with van der Waals surface area (Å²) in [5.74, 6) is -0.00361. The summed E-state index contributed by atoms with van der Waals surface area (Å²) >= 11 is 1.62. The van der Waals surface area contributed by atoms with E-state index in [2.05, 4.69) is 10.3 Å². The van der Waals surface area contributed by atoms with Gasteiger partial charge in [0.2, 0.25) is 5.91 Å². The molecular formula is C16H21N3O2S. The van der Waals surface area contributed by atoms with Crippen LogP contribution in [0.4, 0.5) is 0 Å². The second kappa shape index (κ2) is 6.62. The number of thiophene rings is 1. The van der Waals surface area contributed by atoms with Crippen molar-refractivity contribution in [2.45, 2.75) is 37.8 Å². The van der Waals surface area contributed by atoms with Crippen molar-refractivity contribution in [1.82, 2.24) is 14.9 Å². The van der Waals surface area contributed by atoms with Crippen LogP contribution >= 0.6 is 11.3 Å². The van der Waals surface area contributed by atoms with Crippen molar-refractivity contribution >= 4 is 17.2 Å². The Bertz CT molecular complexity index is 623. The number of rotatable bonds is 4. The van der Waals surface area contributed by atoms with Crippen LogP contribution in [0.25, 0.3) is 0 Å². The molecule has 2 aromatic rings. The Morgan fingerprint density at radius 2 is 2.45 bits per heavy atom. The first-order chi connectivity index (χ1) is 10.6. The average molecular weight is 319 g/mol. The average Bonchev–Trinajstić information content (AvgIpc) is 3.18. The van der Waals surface area contributed by atoms with E-state index in [1.165, 1.54) is 0 Å². The van der Waals surface area contributed by atoms with Gasteiger partial charge in [0.15, 0.2) is 0 Å². The molecule has 3 atom stereocenters. The number of imidazole rings is 1. The highest BCUT2D eigenvalue weighted by atomic mass is 32.1. The summed E-state index contributed by atoms with van der Waals surface area (Å²) in [7, 11) is 1.97. The molecular weight excluding hydrogens is 298 g/mol. The molecule has 6 heteroatoms. The van der Waals surface area contributed by atoms with Crippen molar-refractivity contribution in [1.29, 1.82) is 0 Å². The Labute approximate surface area is 134 Å². The second-order valence-electron chi connectivity index (χ2n) is 5.76. The largest absolute Gasteiger partial charge is 0.372 e. The van der Waals surface area contributed by atoms with Crippen LogP contribution in [-0.2, 0) is 16.6 Å². The van der Waals surface area contributed by atoms with Crippen molar-refractivity contribution in [2.75, 3.05) is 6.61 Å². The molecule has 1 amide bonds. The van der Waals surface area contributed by atoms with Crippen LogP contribution in [0.2, 0.25) is 0 Å². The van der Waals surface area contributed by atoms with Gasteiger partial charge in [-0.1, -0.05) is 6.07 Å². The number of ether oxygens (including phenoxy) is 1. The van der Waals surface area contributed by atoms with Gasteiger partial charge >= 0.3 is 0 Å². The molecule has 5 nitrogen and oxygen atoms in total. The van der Waals surface area contributed by atoms with Crippen LogP contribution < -0.4 is 5.32 Å². The van der Waals surface area contributed by atoms with E-state index in [-0.39, 0.29) is 24.0 Å². The summed E-state index contributed by atoms with van der Waals surface area (Å²) in [5.41, 5.74) is 1.06. The smallest absolute Gasteiger partial charge is 0.228 e. The van der Waals surface area contributed by atoms with Crippen LogP contribution in [0, 0.1) is 0 Å². The Balaban J connectivity index is 1.61. The van der Waals surface area contributed by atoms with Gasteiger partial charge in [-0.3, -0.25) is 4.79 Å². The lowest BCUT2D eigenvalue weighted by atomic mass is 10.00. The number of nitrogens with zero attached hydrogens (tertiary/aromatic N) is 2. The maximum Gasteiger partial charge on any atom is 0.228 e. The first-order valence-electron chi connectivity index (χ1n) is 7.56. The summed E-state index contributed by atoms with van der Waals surface area (Å²) in [4.78, 5) is 17.7. The minimum absolute atomic E-state index is 0.00333. The Morgan fingerprint density at radius 1 is 1.59 bits per heavy atom. The fourth-order valence-electron chi connectivity index (χ4n) is 2.80. The van der Waals surface area contributed by atoms with Gasteiger partial charge in [-0.25, -0.2) is 4.98 Å². The van der Waals surface area contributed by atoms with Crippen LogP contribution in [0.3, 0.4) is 0 Å². The van der Waals surface area contributed by atoms with E-state index in [4.69, 9.17) is 4.74 Å². The number of carbonyl (C=O) groups excluding carboxylic acids is 1. The van der Waals surface area contributed by atoms with Crippen LogP contribution in [0.5, 0.6) is 0 Å². The SMILES string of the molecule is C[C@H](C(=O)N[C@H]1CCO[C@H](c2cncn2C)C1)c1cccs1. The lowest BCUT2D eigenvalue weighted by molar-refractivity contribution is -0.124. The molecule has 0 spiro atoms. The third kappa shape index (κ3) is 3.23. The maximum atomic E-state index is 12.4. The van der Waals surface area contributed by atoms with E-state index in [9.17, 15) is 4.79 Å². The van der Waals surface area contributed by atoms with Gasteiger partial charge in [0, 0.05) is 24.6 Å². The van der Waals surface area contributed by atoms with Crippen LogP contribution in [0.1, 0.15) is 42.4 Å². The highest BCUT2D eigenvalue weighted by Gasteiger charge is 2.28. The van der Waals surface area contributed by atoms with E-state index in [1.807, 2.05) is 42.2 Å². The monoisotopic (exact) mass is 319 g/mol. The van der Waals surface area contributed by atoms with Crippen molar-refractivity contribution in [3.8, 4) is 0 Å². The molecule has 0 saturated carbocycles. The first-order valence-corrected chi connectivity index (χ1v) is 8.44. The number of amides is 1. The molecule has 118 valence electrons. The van der Waals surface area contributed by atoms with Gasteiger partial charge in [-0.05, 0) is 31.2 Å². The van der Waals surface area contributed by atoms with Gasteiger partial charge in [0.1, 0.15) is 6.10 Å². The van der Waals surface area contributed by atoms with Gasteiger partial charge < -0.3 is 14.6 Å². The second-order valence-corrected chi connectivity index (χ2v) is 6.74. The number of carbonyl (C=O) groups is 1. The first kappa shape index (κ1) is 15.2. The molecule has 1 aliphatic rings. The van der Waals surface area contributed by atoms with E-state index in [1.54, 1.807) is 17.7 Å². The molecule has 0 bridgehead atoms. The maximum absolute atomic E-state index is 12.4. The molecule has 3 rings (SSSR count). The normalized spacial score (nSPS) is 23.2. The number of aromatic nitrogens is 2. The third-order valence-corrected chi connectivity index (χ3v) is 5.23. The van der Waals surface area contributed by atoms with E-state index in [0.29, 0.717) is 6.61 Å².